The van der Waals surface area contributed by atoms with Gasteiger partial charge in [0.05, 0.1) is 0 Å². The molecule has 1 unspecified atom stereocenters. The lowest BCUT2D eigenvalue weighted by Gasteiger charge is -2.12. The molecule has 0 radical (unpaired) electrons. The zero-order valence-corrected chi connectivity index (χ0v) is 9.82. The molecule has 1 amide bonds. The van der Waals surface area contributed by atoms with Crippen LogP contribution in [0, 0.1) is 0 Å². The Morgan fingerprint density at radius 1 is 1.77 bits per heavy atom. The maximum atomic E-state index is 11.5. The summed E-state index contributed by atoms with van der Waals surface area (Å²) < 4.78 is 0. The number of nitrogens with one attached hydrogen (secondary N) is 1. The number of hydrogen-bond donors (Lipinski definition) is 1. The summed E-state index contributed by atoms with van der Waals surface area (Å²) in [6.07, 6.45) is 0.946. The van der Waals surface area contributed by atoms with Gasteiger partial charge in [-0.15, -0.1) is 0 Å². The van der Waals surface area contributed by atoms with Gasteiger partial charge < -0.3 is 5.32 Å². The molecular formula is C9H12BrNOS. The van der Waals surface area contributed by atoms with Gasteiger partial charge in [-0.1, -0.05) is 22.9 Å². The summed E-state index contributed by atoms with van der Waals surface area (Å²) >= 11 is 4.89. The highest BCUT2D eigenvalue weighted by molar-refractivity contribution is 9.09. The van der Waals surface area contributed by atoms with Crippen molar-refractivity contribution in [3.63, 3.8) is 0 Å². The third-order valence-electron chi connectivity index (χ3n) is 1.80. The average molecular weight is 262 g/mol. The van der Waals surface area contributed by atoms with Crippen LogP contribution in [0.5, 0.6) is 0 Å². The topological polar surface area (TPSA) is 29.1 Å². The second kappa shape index (κ2) is 5.40. The molecule has 1 N–H and O–H groups in total. The van der Waals surface area contributed by atoms with E-state index in [2.05, 4.69) is 28.2 Å². The van der Waals surface area contributed by atoms with Crippen LogP contribution in [0.15, 0.2) is 16.8 Å². The van der Waals surface area contributed by atoms with Crippen molar-refractivity contribution in [2.24, 2.45) is 0 Å². The second-order valence-corrected chi connectivity index (χ2v) is 4.17. The molecule has 1 aromatic rings. The van der Waals surface area contributed by atoms with Gasteiger partial charge in [-0.05, 0) is 17.9 Å². The SMILES string of the molecule is CCC(CBr)NC(=O)c1ccsc1. The third kappa shape index (κ3) is 3.12. The molecule has 1 rings (SSSR count). The Balaban J connectivity index is 2.50. The Kier molecular flexibility index (Phi) is 4.45. The van der Waals surface area contributed by atoms with E-state index in [4.69, 9.17) is 0 Å². The highest BCUT2D eigenvalue weighted by Gasteiger charge is 2.10. The second-order valence-electron chi connectivity index (χ2n) is 2.74. The number of alkyl halides is 1. The number of hydrogen-bond acceptors (Lipinski definition) is 2. The summed E-state index contributed by atoms with van der Waals surface area (Å²) in [5.41, 5.74) is 0.754. The Bertz CT molecular complexity index is 257. The maximum absolute atomic E-state index is 11.5. The Morgan fingerprint density at radius 3 is 3.00 bits per heavy atom. The number of rotatable bonds is 4. The summed E-state index contributed by atoms with van der Waals surface area (Å²) in [7, 11) is 0. The van der Waals surface area contributed by atoms with Crippen molar-refractivity contribution >= 4 is 33.2 Å². The van der Waals surface area contributed by atoms with Gasteiger partial charge in [0.15, 0.2) is 0 Å². The molecule has 0 aromatic carbocycles. The molecule has 0 aliphatic carbocycles. The molecule has 1 aromatic heterocycles. The lowest BCUT2D eigenvalue weighted by atomic mass is 10.2. The van der Waals surface area contributed by atoms with Crippen molar-refractivity contribution in [3.8, 4) is 0 Å². The summed E-state index contributed by atoms with van der Waals surface area (Å²) in [6, 6.07) is 2.06. The molecule has 0 bridgehead atoms. The molecular weight excluding hydrogens is 250 g/mol. The summed E-state index contributed by atoms with van der Waals surface area (Å²) in [4.78, 5) is 11.5. The van der Waals surface area contributed by atoms with Crippen LogP contribution in [0.3, 0.4) is 0 Å². The highest BCUT2D eigenvalue weighted by Crippen LogP contribution is 2.06. The first-order chi connectivity index (χ1) is 6.27. The normalized spacial score (nSPS) is 12.5. The minimum absolute atomic E-state index is 0.0209. The van der Waals surface area contributed by atoms with Gasteiger partial charge in [-0.3, -0.25) is 4.79 Å². The predicted molar refractivity (Wildman–Crippen MR) is 59.7 cm³/mol. The monoisotopic (exact) mass is 261 g/mol. The summed E-state index contributed by atoms with van der Waals surface area (Å²) in [6.45, 7) is 2.06. The zero-order chi connectivity index (χ0) is 9.68. The first-order valence-corrected chi connectivity index (χ1v) is 6.23. The number of amides is 1. The lowest BCUT2D eigenvalue weighted by molar-refractivity contribution is 0.0940. The molecule has 0 saturated heterocycles. The van der Waals surface area contributed by atoms with Crippen molar-refractivity contribution in [1.29, 1.82) is 0 Å². The van der Waals surface area contributed by atoms with E-state index in [-0.39, 0.29) is 11.9 Å². The van der Waals surface area contributed by atoms with Crippen LogP contribution < -0.4 is 5.32 Å². The van der Waals surface area contributed by atoms with E-state index >= 15 is 0 Å². The van der Waals surface area contributed by atoms with E-state index in [0.29, 0.717) is 0 Å². The molecule has 13 heavy (non-hydrogen) atoms. The molecule has 0 saturated carbocycles. The van der Waals surface area contributed by atoms with Gasteiger partial charge in [-0.25, -0.2) is 0 Å². The van der Waals surface area contributed by atoms with Crippen molar-refractivity contribution in [3.05, 3.63) is 22.4 Å². The molecule has 0 spiro atoms. The molecule has 4 heteroatoms. The third-order valence-corrected chi connectivity index (χ3v) is 3.26. The van der Waals surface area contributed by atoms with Crippen LogP contribution in [0.25, 0.3) is 0 Å². The predicted octanol–water partition coefficient (Wildman–Crippen LogP) is 2.65. The van der Waals surface area contributed by atoms with Crippen LogP contribution in [0.1, 0.15) is 23.7 Å². The zero-order valence-electron chi connectivity index (χ0n) is 7.42. The summed E-state index contributed by atoms with van der Waals surface area (Å²) in [5.74, 6) is 0.0209. The number of thiophene rings is 1. The minimum Gasteiger partial charge on any atom is -0.348 e. The van der Waals surface area contributed by atoms with Gasteiger partial charge in [0, 0.05) is 22.3 Å². The number of halogens is 1. The van der Waals surface area contributed by atoms with E-state index in [9.17, 15) is 4.79 Å². The van der Waals surface area contributed by atoms with Gasteiger partial charge in [0.2, 0.25) is 0 Å². The molecule has 2 nitrogen and oxygen atoms in total. The van der Waals surface area contributed by atoms with E-state index in [1.165, 1.54) is 11.3 Å². The van der Waals surface area contributed by atoms with Crippen molar-refractivity contribution in [1.82, 2.24) is 5.32 Å². The van der Waals surface area contributed by atoms with Crippen molar-refractivity contribution in [2.45, 2.75) is 19.4 Å². The largest absolute Gasteiger partial charge is 0.348 e. The van der Waals surface area contributed by atoms with E-state index in [1.807, 2.05) is 16.8 Å². The van der Waals surface area contributed by atoms with Gasteiger partial charge in [0.25, 0.3) is 5.91 Å². The van der Waals surface area contributed by atoms with Gasteiger partial charge in [-0.2, -0.15) is 11.3 Å². The minimum atomic E-state index is 0.0209. The molecule has 0 fully saturated rings. The maximum Gasteiger partial charge on any atom is 0.252 e. The smallest absolute Gasteiger partial charge is 0.252 e. The average Bonchev–Trinajstić information content (AvgIpc) is 2.66. The fourth-order valence-corrected chi connectivity index (χ4v) is 2.17. The fourth-order valence-electron chi connectivity index (χ4n) is 0.912. The van der Waals surface area contributed by atoms with Crippen LogP contribution in [-0.2, 0) is 0 Å². The van der Waals surface area contributed by atoms with Gasteiger partial charge >= 0.3 is 0 Å². The molecule has 0 aliphatic rings. The standard InChI is InChI=1S/C9H12BrNOS/c1-2-8(5-10)11-9(12)7-3-4-13-6-7/h3-4,6,8H,2,5H2,1H3,(H,11,12). The molecule has 1 atom stereocenters. The van der Waals surface area contributed by atoms with E-state index in [1.54, 1.807) is 0 Å². The molecule has 0 aliphatic heterocycles. The fraction of sp³-hybridized carbons (Fsp3) is 0.444. The van der Waals surface area contributed by atoms with Crippen LogP contribution in [0.2, 0.25) is 0 Å². The quantitative estimate of drug-likeness (QED) is 0.830. The number of carbonyl (C=O) groups is 1. The first-order valence-electron chi connectivity index (χ1n) is 4.17. The van der Waals surface area contributed by atoms with Crippen molar-refractivity contribution in [2.75, 3.05) is 5.33 Å². The van der Waals surface area contributed by atoms with Crippen LogP contribution >= 0.6 is 27.3 Å². The molecule has 72 valence electrons. The Morgan fingerprint density at radius 2 is 2.54 bits per heavy atom. The highest BCUT2D eigenvalue weighted by atomic mass is 79.9. The summed E-state index contributed by atoms with van der Waals surface area (Å²) in [5, 5.41) is 7.51. The molecule has 1 heterocycles. The van der Waals surface area contributed by atoms with Crippen LogP contribution in [-0.4, -0.2) is 17.3 Å². The Labute approximate surface area is 90.5 Å². The van der Waals surface area contributed by atoms with Gasteiger partial charge in [0.1, 0.15) is 0 Å². The van der Waals surface area contributed by atoms with Crippen molar-refractivity contribution < 1.29 is 4.79 Å². The number of carbonyl (C=O) groups excluding carboxylic acids is 1. The van der Waals surface area contributed by atoms with Crippen LogP contribution in [0.4, 0.5) is 0 Å². The lowest BCUT2D eigenvalue weighted by Crippen LogP contribution is -2.35. The Hall–Kier alpha value is -0.350. The first kappa shape index (κ1) is 10.7. The van der Waals surface area contributed by atoms with E-state index < -0.39 is 0 Å². The van der Waals surface area contributed by atoms with E-state index in [0.717, 1.165) is 17.3 Å².